The number of anilines is 1. The molecule has 0 heterocycles. The van der Waals surface area contributed by atoms with E-state index in [2.05, 4.69) is 21.2 Å². The molecule has 0 atom stereocenters. The lowest BCUT2D eigenvalue weighted by molar-refractivity contribution is -0.120. The average Bonchev–Trinajstić information content (AvgIpc) is 2.35. The summed E-state index contributed by atoms with van der Waals surface area (Å²) in [4.78, 5) is 11.9. The summed E-state index contributed by atoms with van der Waals surface area (Å²) in [6, 6.07) is 4.64. The van der Waals surface area contributed by atoms with Gasteiger partial charge in [-0.05, 0) is 47.0 Å². The van der Waals surface area contributed by atoms with Gasteiger partial charge in [-0.25, -0.2) is 4.39 Å². The molecule has 17 heavy (non-hydrogen) atoms. The summed E-state index contributed by atoms with van der Waals surface area (Å²) in [7, 11) is 0. The predicted octanol–water partition coefficient (Wildman–Crippen LogP) is 4.11. The van der Waals surface area contributed by atoms with Crippen LogP contribution in [0.4, 0.5) is 10.1 Å². The summed E-state index contributed by atoms with van der Waals surface area (Å²) in [5.41, 5.74) is 0.529. The minimum absolute atomic E-state index is 0.0198. The molecule has 1 aliphatic carbocycles. The number of halogens is 2. The van der Waals surface area contributed by atoms with Gasteiger partial charge >= 0.3 is 0 Å². The predicted molar refractivity (Wildman–Crippen MR) is 69.3 cm³/mol. The van der Waals surface area contributed by atoms with Crippen LogP contribution in [0, 0.1) is 11.7 Å². The third-order valence-electron chi connectivity index (χ3n) is 3.16. The Bertz CT molecular complexity index is 416. The van der Waals surface area contributed by atoms with E-state index in [1.54, 1.807) is 12.1 Å². The van der Waals surface area contributed by atoms with E-state index in [9.17, 15) is 9.18 Å². The molecule has 2 nitrogen and oxygen atoms in total. The van der Waals surface area contributed by atoms with Gasteiger partial charge < -0.3 is 5.32 Å². The number of hydrogen-bond donors (Lipinski definition) is 1. The van der Waals surface area contributed by atoms with E-state index in [0.29, 0.717) is 10.2 Å². The van der Waals surface area contributed by atoms with Gasteiger partial charge in [0.1, 0.15) is 5.82 Å². The molecule has 0 unspecified atom stereocenters. The summed E-state index contributed by atoms with van der Waals surface area (Å²) < 4.78 is 13.7. The van der Waals surface area contributed by atoms with Crippen LogP contribution in [-0.2, 0) is 4.79 Å². The molecule has 0 radical (unpaired) electrons. The van der Waals surface area contributed by atoms with Crippen molar-refractivity contribution in [2.45, 2.75) is 32.1 Å². The van der Waals surface area contributed by atoms with Crippen LogP contribution >= 0.6 is 15.9 Å². The number of carbonyl (C=O) groups excluding carboxylic acids is 1. The molecule has 1 aromatic rings. The van der Waals surface area contributed by atoms with Gasteiger partial charge in [-0.2, -0.15) is 0 Å². The van der Waals surface area contributed by atoms with E-state index in [1.807, 2.05) is 0 Å². The number of hydrogen-bond acceptors (Lipinski definition) is 1. The molecule has 1 fully saturated rings. The Kier molecular flexibility index (Phi) is 4.15. The second-order valence-corrected chi connectivity index (χ2v) is 5.31. The second kappa shape index (κ2) is 5.63. The summed E-state index contributed by atoms with van der Waals surface area (Å²) in [5.74, 6) is -0.242. The van der Waals surface area contributed by atoms with Crippen LogP contribution in [0.2, 0.25) is 0 Å². The summed E-state index contributed by atoms with van der Waals surface area (Å²) in [5, 5.41) is 2.78. The van der Waals surface area contributed by atoms with E-state index < -0.39 is 0 Å². The molecular formula is C13H15BrFNO. The first-order chi connectivity index (χ1) is 8.16. The smallest absolute Gasteiger partial charge is 0.227 e. The molecule has 1 amide bonds. The first-order valence-corrected chi connectivity index (χ1v) is 6.72. The molecule has 1 saturated carbocycles. The third-order valence-corrected chi connectivity index (χ3v) is 3.81. The van der Waals surface area contributed by atoms with Crippen molar-refractivity contribution >= 4 is 27.5 Å². The van der Waals surface area contributed by atoms with Gasteiger partial charge in [-0.3, -0.25) is 4.79 Å². The zero-order valence-electron chi connectivity index (χ0n) is 9.51. The molecule has 4 heteroatoms. The topological polar surface area (TPSA) is 29.1 Å². The van der Waals surface area contributed by atoms with E-state index >= 15 is 0 Å². The second-order valence-electron chi connectivity index (χ2n) is 4.45. The van der Waals surface area contributed by atoms with Gasteiger partial charge in [-0.15, -0.1) is 0 Å². The molecule has 0 aromatic heterocycles. The fourth-order valence-corrected chi connectivity index (χ4v) is 2.43. The van der Waals surface area contributed by atoms with E-state index in [4.69, 9.17) is 0 Å². The van der Waals surface area contributed by atoms with Crippen LogP contribution < -0.4 is 5.32 Å². The Morgan fingerprint density at radius 3 is 2.65 bits per heavy atom. The summed E-state index contributed by atoms with van der Waals surface area (Å²) in [6.07, 6.45) is 5.35. The Balaban J connectivity index is 1.99. The standard InChI is InChI=1S/C13H15BrFNO/c14-11-7-6-10(8-12(11)15)16-13(17)9-4-2-1-3-5-9/h6-9H,1-5H2,(H,16,17). The number of benzene rings is 1. The molecule has 1 aromatic carbocycles. The van der Waals surface area contributed by atoms with Gasteiger partial charge in [0.05, 0.1) is 4.47 Å². The number of rotatable bonds is 2. The van der Waals surface area contributed by atoms with Crippen molar-refractivity contribution in [1.29, 1.82) is 0 Å². The molecule has 0 aliphatic heterocycles. The highest BCUT2D eigenvalue weighted by atomic mass is 79.9. The molecule has 2 rings (SSSR count). The maximum atomic E-state index is 13.3. The number of amides is 1. The molecule has 0 saturated heterocycles. The third kappa shape index (κ3) is 3.28. The lowest BCUT2D eigenvalue weighted by Crippen LogP contribution is -2.24. The van der Waals surface area contributed by atoms with E-state index in [0.717, 1.165) is 25.7 Å². The average molecular weight is 300 g/mol. The summed E-state index contributed by atoms with van der Waals surface area (Å²) in [6.45, 7) is 0. The molecule has 1 aliphatic rings. The van der Waals surface area contributed by atoms with E-state index in [-0.39, 0.29) is 17.6 Å². The Morgan fingerprint density at radius 1 is 1.29 bits per heavy atom. The van der Waals surface area contributed by atoms with E-state index in [1.165, 1.54) is 12.5 Å². The minimum atomic E-state index is -0.355. The maximum absolute atomic E-state index is 13.3. The Morgan fingerprint density at radius 2 is 2.00 bits per heavy atom. The number of carbonyl (C=O) groups is 1. The van der Waals surface area contributed by atoms with Gasteiger partial charge in [-0.1, -0.05) is 19.3 Å². The zero-order valence-corrected chi connectivity index (χ0v) is 11.1. The lowest BCUT2D eigenvalue weighted by Gasteiger charge is -2.20. The largest absolute Gasteiger partial charge is 0.326 e. The van der Waals surface area contributed by atoms with Crippen LogP contribution in [-0.4, -0.2) is 5.91 Å². The van der Waals surface area contributed by atoms with Crippen molar-refractivity contribution in [2.75, 3.05) is 5.32 Å². The van der Waals surface area contributed by atoms with Crippen molar-refractivity contribution in [3.05, 3.63) is 28.5 Å². The Hall–Kier alpha value is -0.900. The van der Waals surface area contributed by atoms with Crippen LogP contribution in [0.25, 0.3) is 0 Å². The van der Waals surface area contributed by atoms with Crippen molar-refractivity contribution < 1.29 is 9.18 Å². The molecule has 92 valence electrons. The Labute approximate surface area is 109 Å². The number of nitrogens with one attached hydrogen (secondary N) is 1. The molecule has 0 bridgehead atoms. The quantitative estimate of drug-likeness (QED) is 0.875. The van der Waals surface area contributed by atoms with Crippen LogP contribution in [0.5, 0.6) is 0 Å². The molecule has 0 spiro atoms. The maximum Gasteiger partial charge on any atom is 0.227 e. The lowest BCUT2D eigenvalue weighted by atomic mass is 9.88. The summed E-state index contributed by atoms with van der Waals surface area (Å²) >= 11 is 3.08. The highest BCUT2D eigenvalue weighted by Crippen LogP contribution is 2.25. The van der Waals surface area contributed by atoms with Gasteiger partial charge in [0.15, 0.2) is 0 Å². The van der Waals surface area contributed by atoms with Gasteiger partial charge in [0, 0.05) is 11.6 Å². The van der Waals surface area contributed by atoms with Crippen molar-refractivity contribution in [1.82, 2.24) is 0 Å². The SMILES string of the molecule is O=C(Nc1ccc(Br)c(F)c1)C1CCCCC1. The fraction of sp³-hybridized carbons (Fsp3) is 0.462. The van der Waals surface area contributed by atoms with Crippen LogP contribution in [0.3, 0.4) is 0 Å². The van der Waals surface area contributed by atoms with Gasteiger partial charge in [0.25, 0.3) is 0 Å². The highest BCUT2D eigenvalue weighted by molar-refractivity contribution is 9.10. The van der Waals surface area contributed by atoms with Crippen molar-refractivity contribution in [3.8, 4) is 0 Å². The van der Waals surface area contributed by atoms with Crippen molar-refractivity contribution in [2.24, 2.45) is 5.92 Å². The van der Waals surface area contributed by atoms with Gasteiger partial charge in [0.2, 0.25) is 5.91 Å². The fourth-order valence-electron chi connectivity index (χ4n) is 2.18. The highest BCUT2D eigenvalue weighted by Gasteiger charge is 2.21. The zero-order chi connectivity index (χ0) is 12.3. The molecular weight excluding hydrogens is 285 g/mol. The van der Waals surface area contributed by atoms with Crippen LogP contribution in [0.15, 0.2) is 22.7 Å². The monoisotopic (exact) mass is 299 g/mol. The first-order valence-electron chi connectivity index (χ1n) is 5.93. The van der Waals surface area contributed by atoms with Crippen LogP contribution in [0.1, 0.15) is 32.1 Å². The van der Waals surface area contributed by atoms with Crippen molar-refractivity contribution in [3.63, 3.8) is 0 Å². The molecule has 1 N–H and O–H groups in total. The normalized spacial score (nSPS) is 16.8. The minimum Gasteiger partial charge on any atom is -0.326 e. The first kappa shape index (κ1) is 12.6.